The number of hydrogen-bond acceptors (Lipinski definition) is 8. The summed E-state index contributed by atoms with van der Waals surface area (Å²) in [5.74, 6) is -0.423. The first-order chi connectivity index (χ1) is 15.4. The van der Waals surface area contributed by atoms with E-state index in [1.807, 2.05) is 30.3 Å². The molecule has 4 rings (SSSR count). The van der Waals surface area contributed by atoms with Crippen molar-refractivity contribution in [1.29, 1.82) is 0 Å². The molecular formula is C22H25NO8S. The number of carbonyl (C=O) groups excluding carboxylic acids is 1. The Morgan fingerprint density at radius 3 is 2.31 bits per heavy atom. The van der Waals surface area contributed by atoms with E-state index in [2.05, 4.69) is 5.32 Å². The average Bonchev–Trinajstić information content (AvgIpc) is 2.80. The number of fused-ring (bicyclic) bond motifs is 1. The summed E-state index contributed by atoms with van der Waals surface area (Å²) >= 11 is 0. The molecule has 0 aromatic heterocycles. The van der Waals surface area contributed by atoms with Crippen LogP contribution in [0.4, 0.5) is 0 Å². The van der Waals surface area contributed by atoms with Crippen molar-refractivity contribution in [2.24, 2.45) is 0 Å². The van der Waals surface area contributed by atoms with Crippen molar-refractivity contribution < 1.29 is 36.3 Å². The van der Waals surface area contributed by atoms with E-state index in [0.717, 1.165) is 11.8 Å². The molecule has 2 aliphatic rings. The molecular weight excluding hydrogens is 438 g/mol. The molecule has 32 heavy (non-hydrogen) atoms. The van der Waals surface area contributed by atoms with Crippen molar-refractivity contribution in [3.8, 4) is 0 Å². The molecule has 0 aliphatic carbocycles. The van der Waals surface area contributed by atoms with Crippen molar-refractivity contribution in [2.45, 2.75) is 36.9 Å². The summed E-state index contributed by atoms with van der Waals surface area (Å²) in [6, 6.07) is 16.8. The lowest BCUT2D eigenvalue weighted by atomic mass is 9.95. The molecule has 9 nitrogen and oxygen atoms in total. The number of ether oxygens (including phenoxy) is 4. The number of carbonyl (C=O) groups is 1. The third-order valence-corrected chi connectivity index (χ3v) is 5.83. The summed E-state index contributed by atoms with van der Waals surface area (Å²) in [6.45, 7) is 0.132. The Morgan fingerprint density at radius 1 is 1.03 bits per heavy atom. The summed E-state index contributed by atoms with van der Waals surface area (Å²) in [7, 11) is -2.50. The molecule has 2 aromatic rings. The van der Waals surface area contributed by atoms with Crippen LogP contribution < -0.4 is 5.32 Å². The lowest BCUT2D eigenvalue weighted by Gasteiger charge is -2.48. The first kappa shape index (κ1) is 22.8. The van der Waals surface area contributed by atoms with Crippen molar-refractivity contribution >= 4 is 16.0 Å². The first-order valence-corrected chi connectivity index (χ1v) is 11.9. The highest BCUT2D eigenvalue weighted by Crippen LogP contribution is 2.36. The highest BCUT2D eigenvalue weighted by atomic mass is 32.2. The maximum absolute atomic E-state index is 12.8. The zero-order chi connectivity index (χ0) is 22.7. The molecule has 2 aliphatic heterocycles. The predicted molar refractivity (Wildman–Crippen MR) is 113 cm³/mol. The normalized spacial score (nSPS) is 30.3. The lowest BCUT2D eigenvalue weighted by Crippen LogP contribution is -2.67. The third kappa shape index (κ3) is 5.17. The van der Waals surface area contributed by atoms with E-state index in [4.69, 9.17) is 23.1 Å². The van der Waals surface area contributed by atoms with Crippen molar-refractivity contribution in [3.63, 3.8) is 0 Å². The van der Waals surface area contributed by atoms with Gasteiger partial charge in [-0.15, -0.1) is 0 Å². The maximum Gasteiger partial charge on any atom is 0.264 e. The fraction of sp³-hybridized carbons (Fsp3) is 0.409. The van der Waals surface area contributed by atoms with E-state index in [1.54, 1.807) is 30.3 Å². The van der Waals surface area contributed by atoms with Crippen LogP contribution in [0.1, 0.15) is 22.2 Å². The molecule has 10 heteroatoms. The van der Waals surface area contributed by atoms with E-state index in [-0.39, 0.29) is 6.61 Å². The first-order valence-electron chi connectivity index (χ1n) is 10.1. The minimum absolute atomic E-state index is 0.132. The average molecular weight is 464 g/mol. The van der Waals surface area contributed by atoms with E-state index < -0.39 is 53.0 Å². The zero-order valence-corrected chi connectivity index (χ0v) is 18.4. The Balaban J connectivity index is 1.63. The minimum atomic E-state index is -3.90. The molecule has 0 unspecified atom stereocenters. The van der Waals surface area contributed by atoms with Gasteiger partial charge in [0.15, 0.2) is 12.6 Å². The predicted octanol–water partition coefficient (Wildman–Crippen LogP) is 1.62. The van der Waals surface area contributed by atoms with Gasteiger partial charge >= 0.3 is 0 Å². The molecule has 2 heterocycles. The van der Waals surface area contributed by atoms with Gasteiger partial charge in [-0.2, -0.15) is 8.42 Å². The van der Waals surface area contributed by atoms with Gasteiger partial charge in [0.1, 0.15) is 24.4 Å². The van der Waals surface area contributed by atoms with Gasteiger partial charge in [-0.3, -0.25) is 8.98 Å². The van der Waals surface area contributed by atoms with Crippen LogP contribution in [0, 0.1) is 0 Å². The van der Waals surface area contributed by atoms with Gasteiger partial charge in [-0.05, 0) is 12.1 Å². The van der Waals surface area contributed by atoms with E-state index in [1.165, 1.54) is 7.11 Å². The fourth-order valence-electron chi connectivity index (χ4n) is 3.85. The second kappa shape index (κ2) is 9.65. The molecule has 2 aromatic carbocycles. The van der Waals surface area contributed by atoms with Crippen molar-refractivity contribution in [1.82, 2.24) is 5.32 Å². The van der Waals surface area contributed by atoms with Crippen LogP contribution in [-0.2, 0) is 33.2 Å². The maximum atomic E-state index is 12.8. The number of methoxy groups -OCH3 is 1. The lowest BCUT2D eigenvalue weighted by molar-refractivity contribution is -0.337. The highest BCUT2D eigenvalue weighted by Gasteiger charge is 2.52. The van der Waals surface area contributed by atoms with Crippen LogP contribution >= 0.6 is 0 Å². The van der Waals surface area contributed by atoms with Crippen LogP contribution in [-0.4, -0.2) is 64.9 Å². The second-order valence-corrected chi connectivity index (χ2v) is 9.19. The Hall–Kier alpha value is -2.34. The number of rotatable bonds is 6. The summed E-state index contributed by atoms with van der Waals surface area (Å²) in [4.78, 5) is 12.8. The highest BCUT2D eigenvalue weighted by molar-refractivity contribution is 7.86. The van der Waals surface area contributed by atoms with E-state index in [9.17, 15) is 13.2 Å². The molecule has 0 radical (unpaired) electrons. The van der Waals surface area contributed by atoms with Crippen LogP contribution in [0.3, 0.4) is 0 Å². The topological polar surface area (TPSA) is 109 Å². The monoisotopic (exact) mass is 463 g/mol. The molecule has 6 atom stereocenters. The Kier molecular flexibility index (Phi) is 6.89. The summed E-state index contributed by atoms with van der Waals surface area (Å²) in [5, 5.41) is 2.80. The summed E-state index contributed by atoms with van der Waals surface area (Å²) in [6.07, 6.45) is -3.36. The third-order valence-electron chi connectivity index (χ3n) is 5.26. The van der Waals surface area contributed by atoms with Gasteiger partial charge in [0.25, 0.3) is 16.0 Å². The van der Waals surface area contributed by atoms with Gasteiger partial charge in [0.2, 0.25) is 0 Å². The smallest absolute Gasteiger partial charge is 0.264 e. The number of benzene rings is 2. The number of nitrogens with one attached hydrogen (secondary N) is 1. The van der Waals surface area contributed by atoms with Crippen LogP contribution in [0.2, 0.25) is 0 Å². The van der Waals surface area contributed by atoms with Crippen molar-refractivity contribution in [3.05, 3.63) is 71.8 Å². The molecule has 2 saturated heterocycles. The van der Waals surface area contributed by atoms with Crippen LogP contribution in [0.15, 0.2) is 60.7 Å². The van der Waals surface area contributed by atoms with Gasteiger partial charge in [-0.1, -0.05) is 48.5 Å². The summed E-state index contributed by atoms with van der Waals surface area (Å²) < 4.78 is 52.9. The molecule has 1 N–H and O–H groups in total. The Bertz CT molecular complexity index is 1020. The minimum Gasteiger partial charge on any atom is -0.354 e. The molecule has 0 spiro atoms. The Morgan fingerprint density at radius 2 is 1.69 bits per heavy atom. The molecule has 0 bridgehead atoms. The number of hydrogen-bond donors (Lipinski definition) is 1. The molecule has 0 saturated carbocycles. The fourth-order valence-corrected chi connectivity index (χ4v) is 4.48. The van der Waals surface area contributed by atoms with Gasteiger partial charge in [0.05, 0.1) is 12.9 Å². The van der Waals surface area contributed by atoms with Crippen LogP contribution in [0.25, 0.3) is 0 Å². The summed E-state index contributed by atoms with van der Waals surface area (Å²) in [5.41, 5.74) is 1.17. The van der Waals surface area contributed by atoms with E-state index in [0.29, 0.717) is 5.56 Å². The van der Waals surface area contributed by atoms with E-state index >= 15 is 0 Å². The molecule has 1 amide bonds. The largest absolute Gasteiger partial charge is 0.354 e. The zero-order valence-electron chi connectivity index (χ0n) is 17.6. The second-order valence-electron chi connectivity index (χ2n) is 7.59. The van der Waals surface area contributed by atoms with Gasteiger partial charge in [0, 0.05) is 18.2 Å². The van der Waals surface area contributed by atoms with Crippen LogP contribution in [0.5, 0.6) is 0 Å². The molecule has 2 fully saturated rings. The quantitative estimate of drug-likeness (QED) is 0.644. The molecule has 172 valence electrons. The number of amides is 1. The Labute approximate surface area is 186 Å². The SMILES string of the molecule is CO[C@@H]1O[C@H]2CO[C@H](c3ccccc3)O[C@H]2[C@@H](OS(C)(=O)=O)[C@H]1NC(=O)c1ccccc1. The van der Waals surface area contributed by atoms with Gasteiger partial charge in [-0.25, -0.2) is 0 Å². The van der Waals surface area contributed by atoms with Crippen molar-refractivity contribution in [2.75, 3.05) is 20.0 Å². The standard InChI is InChI=1S/C22H25NO8S/c1-27-22-17(23-20(24)14-9-5-3-6-10-14)19(31-32(2,25)26)18-16(29-22)13-28-21(30-18)15-11-7-4-8-12-15/h3-12,16-19,21-22H,13H2,1-2H3,(H,23,24)/t16-,17+,18+,19-,21-,22+/m0/s1. The van der Waals surface area contributed by atoms with Gasteiger partial charge < -0.3 is 24.3 Å².